The Morgan fingerprint density at radius 3 is 2.36 bits per heavy atom. The summed E-state index contributed by atoms with van der Waals surface area (Å²) in [5.41, 5.74) is 4.97. The Morgan fingerprint density at radius 2 is 1.86 bits per heavy atom. The minimum absolute atomic E-state index is 0.752. The number of rotatable bonds is 5. The fourth-order valence-electron chi connectivity index (χ4n) is 1.60. The largest absolute Gasteiger partial charge is 0.496 e. The topological polar surface area (TPSA) is 37.2 Å². The fourth-order valence-corrected chi connectivity index (χ4v) is 2.60. The fraction of sp³-hybridized carbons (Fsp3) is 0.500. The van der Waals surface area contributed by atoms with Crippen molar-refractivity contribution in [3.63, 3.8) is 0 Å². The lowest BCUT2D eigenvalue weighted by Gasteiger charge is -2.12. The van der Waals surface area contributed by atoms with E-state index in [1.165, 1.54) is 0 Å². The van der Waals surface area contributed by atoms with Gasteiger partial charge in [0.15, 0.2) is 0 Å². The van der Waals surface area contributed by atoms with E-state index in [9.17, 15) is 0 Å². The van der Waals surface area contributed by atoms with Crippen LogP contribution in [0.1, 0.15) is 19.4 Å². The van der Waals surface area contributed by atoms with Gasteiger partial charge in [0, 0.05) is 13.1 Å². The molecule has 0 spiro atoms. The van der Waals surface area contributed by atoms with E-state index in [-0.39, 0.29) is 0 Å². The molecule has 0 heterocycles. The average molecular weight is 382 g/mol. The molecule has 0 saturated heterocycles. The molecule has 4 nitrogen and oxygen atoms in total. The first-order valence-electron chi connectivity index (χ1n) is 7.38. The quantitative estimate of drug-likeness (QED) is 0.310. The molecule has 0 unspecified atom stereocenters. The molecular weight excluding hydrogens is 358 g/mol. The SMILES string of the molecule is CCN(CC)N=Nc1cc(Br)c(OC)cc1C#C[Si](C)(C)C. The maximum atomic E-state index is 5.35. The summed E-state index contributed by atoms with van der Waals surface area (Å²) in [7, 11) is 0.187. The Bertz CT molecular complexity index is 596. The second-order valence-corrected chi connectivity index (χ2v) is 11.4. The van der Waals surface area contributed by atoms with Crippen LogP contribution in [0.15, 0.2) is 26.9 Å². The van der Waals surface area contributed by atoms with Crippen molar-refractivity contribution >= 4 is 29.7 Å². The average Bonchev–Trinajstić information content (AvgIpc) is 2.46. The minimum Gasteiger partial charge on any atom is -0.496 e. The second-order valence-electron chi connectivity index (χ2n) is 5.83. The van der Waals surface area contributed by atoms with Crippen LogP contribution in [-0.4, -0.2) is 33.3 Å². The molecule has 6 heteroatoms. The molecule has 22 heavy (non-hydrogen) atoms. The number of benzene rings is 1. The summed E-state index contributed by atoms with van der Waals surface area (Å²) in [6.07, 6.45) is 0. The van der Waals surface area contributed by atoms with Gasteiger partial charge >= 0.3 is 0 Å². The van der Waals surface area contributed by atoms with Crippen LogP contribution < -0.4 is 4.74 Å². The Labute approximate surface area is 143 Å². The number of nitrogens with zero attached hydrogens (tertiary/aromatic N) is 3. The molecular formula is C16H24BrN3OSi. The Kier molecular flexibility index (Phi) is 7.10. The van der Waals surface area contributed by atoms with Gasteiger partial charge in [-0.15, -0.1) is 10.7 Å². The third-order valence-electron chi connectivity index (χ3n) is 2.85. The molecule has 0 aliphatic carbocycles. The molecule has 0 fully saturated rings. The first kappa shape index (κ1) is 18.7. The summed E-state index contributed by atoms with van der Waals surface area (Å²) in [4.78, 5) is 0. The highest BCUT2D eigenvalue weighted by molar-refractivity contribution is 9.10. The van der Waals surface area contributed by atoms with Gasteiger partial charge in [-0.3, -0.25) is 5.01 Å². The summed E-state index contributed by atoms with van der Waals surface area (Å²) in [6.45, 7) is 12.4. The maximum Gasteiger partial charge on any atom is 0.134 e. The molecule has 0 atom stereocenters. The smallest absolute Gasteiger partial charge is 0.134 e. The van der Waals surface area contributed by atoms with E-state index in [1.807, 2.05) is 17.1 Å². The molecule has 0 aliphatic rings. The lowest BCUT2D eigenvalue weighted by molar-refractivity contribution is 0.300. The molecule has 0 radical (unpaired) electrons. The lowest BCUT2D eigenvalue weighted by atomic mass is 10.2. The predicted octanol–water partition coefficient (Wildman–Crippen LogP) is 5.03. The summed E-state index contributed by atoms with van der Waals surface area (Å²) >= 11 is 3.49. The van der Waals surface area contributed by atoms with Crippen LogP contribution >= 0.6 is 15.9 Å². The molecule has 0 amide bonds. The summed E-state index contributed by atoms with van der Waals surface area (Å²) < 4.78 is 6.20. The summed E-state index contributed by atoms with van der Waals surface area (Å²) in [5.74, 6) is 4.01. The van der Waals surface area contributed by atoms with Crippen molar-refractivity contribution in [1.29, 1.82) is 0 Å². The van der Waals surface area contributed by atoms with Crippen molar-refractivity contribution in [1.82, 2.24) is 5.01 Å². The van der Waals surface area contributed by atoms with Crippen LogP contribution in [0.5, 0.6) is 5.75 Å². The number of hydrogen-bond donors (Lipinski definition) is 0. The highest BCUT2D eigenvalue weighted by Crippen LogP contribution is 2.33. The maximum absolute atomic E-state index is 5.35. The molecule has 0 aromatic heterocycles. The van der Waals surface area contributed by atoms with Gasteiger partial charge in [-0.1, -0.05) is 30.8 Å². The van der Waals surface area contributed by atoms with Crippen molar-refractivity contribution in [2.75, 3.05) is 20.2 Å². The second kappa shape index (κ2) is 8.35. The molecule has 0 bridgehead atoms. The molecule has 0 saturated carbocycles. The zero-order chi connectivity index (χ0) is 16.8. The Balaban J connectivity index is 3.28. The van der Waals surface area contributed by atoms with Crippen LogP contribution in [0.25, 0.3) is 0 Å². The minimum atomic E-state index is -1.46. The third kappa shape index (κ3) is 5.82. The van der Waals surface area contributed by atoms with E-state index in [2.05, 4.69) is 71.2 Å². The van der Waals surface area contributed by atoms with E-state index in [0.717, 1.165) is 34.6 Å². The molecule has 0 aliphatic heterocycles. The Morgan fingerprint density at radius 1 is 1.23 bits per heavy atom. The van der Waals surface area contributed by atoms with Crippen molar-refractivity contribution in [2.24, 2.45) is 10.3 Å². The van der Waals surface area contributed by atoms with Crippen LogP contribution in [0.3, 0.4) is 0 Å². The van der Waals surface area contributed by atoms with Crippen LogP contribution in [0.4, 0.5) is 5.69 Å². The van der Waals surface area contributed by atoms with Gasteiger partial charge in [-0.05, 0) is 41.9 Å². The van der Waals surface area contributed by atoms with Gasteiger partial charge in [0.05, 0.1) is 17.1 Å². The standard InChI is InChI=1S/C16H24BrN3OSi/c1-7-20(8-2)19-18-15-12-14(17)16(21-3)11-13(15)9-10-22(4,5)6/h11-12H,7-8H2,1-6H3. The predicted molar refractivity (Wildman–Crippen MR) is 98.4 cm³/mol. The van der Waals surface area contributed by atoms with E-state index in [0.29, 0.717) is 0 Å². The van der Waals surface area contributed by atoms with E-state index in [1.54, 1.807) is 7.11 Å². The van der Waals surface area contributed by atoms with E-state index >= 15 is 0 Å². The van der Waals surface area contributed by atoms with Gasteiger partial charge < -0.3 is 4.74 Å². The van der Waals surface area contributed by atoms with Crippen molar-refractivity contribution in [2.45, 2.75) is 33.5 Å². The molecule has 120 valence electrons. The van der Waals surface area contributed by atoms with Crippen LogP contribution in [0, 0.1) is 11.5 Å². The van der Waals surface area contributed by atoms with Gasteiger partial charge in [0.1, 0.15) is 19.5 Å². The summed E-state index contributed by atoms with van der Waals surface area (Å²) in [5, 5.41) is 10.5. The Hall–Kier alpha value is -1.32. The monoisotopic (exact) mass is 381 g/mol. The van der Waals surface area contributed by atoms with E-state index in [4.69, 9.17) is 4.74 Å². The first-order chi connectivity index (χ1) is 10.3. The van der Waals surface area contributed by atoms with Crippen LogP contribution in [0.2, 0.25) is 19.6 Å². The number of methoxy groups -OCH3 is 1. The highest BCUT2D eigenvalue weighted by atomic mass is 79.9. The summed E-state index contributed by atoms with van der Waals surface area (Å²) in [6, 6.07) is 3.81. The zero-order valence-corrected chi connectivity index (χ0v) is 16.8. The first-order valence-corrected chi connectivity index (χ1v) is 11.7. The zero-order valence-electron chi connectivity index (χ0n) is 14.2. The van der Waals surface area contributed by atoms with Crippen molar-refractivity contribution in [3.8, 4) is 17.2 Å². The molecule has 1 aromatic rings. The molecule has 1 rings (SSSR count). The van der Waals surface area contributed by atoms with E-state index < -0.39 is 8.07 Å². The highest BCUT2D eigenvalue weighted by Gasteiger charge is 2.11. The number of ether oxygens (including phenoxy) is 1. The van der Waals surface area contributed by atoms with Crippen molar-refractivity contribution < 1.29 is 4.74 Å². The molecule has 0 N–H and O–H groups in total. The van der Waals surface area contributed by atoms with Gasteiger partial charge in [-0.25, -0.2) is 0 Å². The van der Waals surface area contributed by atoms with Crippen LogP contribution in [-0.2, 0) is 0 Å². The normalized spacial score (nSPS) is 11.2. The number of hydrogen-bond acceptors (Lipinski definition) is 3. The number of halogens is 1. The third-order valence-corrected chi connectivity index (χ3v) is 4.35. The van der Waals surface area contributed by atoms with Crippen molar-refractivity contribution in [3.05, 3.63) is 22.2 Å². The lowest BCUT2D eigenvalue weighted by Crippen LogP contribution is -2.16. The van der Waals surface area contributed by atoms with Gasteiger partial charge in [0.25, 0.3) is 0 Å². The molecule has 1 aromatic carbocycles. The van der Waals surface area contributed by atoms with Gasteiger partial charge in [-0.2, -0.15) is 0 Å². The van der Waals surface area contributed by atoms with Gasteiger partial charge in [0.2, 0.25) is 0 Å².